The van der Waals surface area contributed by atoms with E-state index in [1.807, 2.05) is 0 Å². The van der Waals surface area contributed by atoms with Crippen LogP contribution < -0.4 is 20.1 Å². The quantitative estimate of drug-likeness (QED) is 0.520. The van der Waals surface area contributed by atoms with E-state index in [4.69, 9.17) is 9.47 Å². The molecule has 1 aromatic rings. The molecule has 0 unspecified atom stereocenters. The molecule has 0 aliphatic carbocycles. The van der Waals surface area contributed by atoms with Crippen molar-refractivity contribution in [2.24, 2.45) is 0 Å². The number of sulfonamides is 1. The number of rotatable bonds is 10. The Hall–Kier alpha value is -1.91. The van der Waals surface area contributed by atoms with Crippen molar-refractivity contribution in [1.29, 1.82) is 0 Å². The number of carbonyl (C=O) groups excluding carboxylic acids is 1. The summed E-state index contributed by atoms with van der Waals surface area (Å²) in [4.78, 5) is 15.7. The van der Waals surface area contributed by atoms with E-state index in [0.29, 0.717) is 37.7 Å². The summed E-state index contributed by atoms with van der Waals surface area (Å²) in [7, 11) is -1.61. The number of urea groups is 1. The standard InChI is InChI=1S/C13H22N4O5S/c1-21-8-9-22-12-5-4-11(10-15-12)17-13(18)14-6-3-7-16-23(2,19)20/h4-5,10,16H,3,6-9H2,1-2H3,(H2,14,17,18). The molecule has 0 aromatic carbocycles. The topological polar surface area (TPSA) is 119 Å². The summed E-state index contributed by atoms with van der Waals surface area (Å²) in [6.45, 7) is 1.49. The van der Waals surface area contributed by atoms with Gasteiger partial charge in [-0.2, -0.15) is 0 Å². The van der Waals surface area contributed by atoms with Crippen molar-refractivity contribution in [3.8, 4) is 5.88 Å². The normalized spacial score (nSPS) is 11.0. The molecular formula is C13H22N4O5S. The summed E-state index contributed by atoms with van der Waals surface area (Å²) in [6.07, 6.45) is 3.06. The Morgan fingerprint density at radius 2 is 2.04 bits per heavy atom. The van der Waals surface area contributed by atoms with E-state index in [2.05, 4.69) is 20.3 Å². The Balaban J connectivity index is 2.23. The molecule has 2 amide bonds. The number of ether oxygens (including phenoxy) is 2. The van der Waals surface area contributed by atoms with Gasteiger partial charge in [0.05, 0.1) is 24.7 Å². The van der Waals surface area contributed by atoms with Crippen molar-refractivity contribution in [3.63, 3.8) is 0 Å². The van der Waals surface area contributed by atoms with Crippen LogP contribution in [0.4, 0.5) is 10.5 Å². The largest absolute Gasteiger partial charge is 0.475 e. The molecule has 0 bridgehead atoms. The van der Waals surface area contributed by atoms with Crippen molar-refractivity contribution >= 4 is 21.7 Å². The third-order valence-electron chi connectivity index (χ3n) is 2.53. The number of methoxy groups -OCH3 is 1. The summed E-state index contributed by atoms with van der Waals surface area (Å²) in [5, 5.41) is 5.23. The first-order chi connectivity index (χ1) is 10.9. The zero-order chi connectivity index (χ0) is 17.1. The van der Waals surface area contributed by atoms with Crippen LogP contribution in [0.3, 0.4) is 0 Å². The predicted molar refractivity (Wildman–Crippen MR) is 86.1 cm³/mol. The lowest BCUT2D eigenvalue weighted by atomic mass is 10.4. The highest BCUT2D eigenvalue weighted by molar-refractivity contribution is 7.88. The smallest absolute Gasteiger partial charge is 0.319 e. The minimum Gasteiger partial charge on any atom is -0.475 e. The lowest BCUT2D eigenvalue weighted by Crippen LogP contribution is -2.32. The fourth-order valence-electron chi connectivity index (χ4n) is 1.49. The Labute approximate surface area is 135 Å². The molecule has 0 radical (unpaired) electrons. The van der Waals surface area contributed by atoms with Crippen LogP contribution in [-0.2, 0) is 14.8 Å². The molecule has 0 saturated carbocycles. The molecule has 0 aliphatic rings. The lowest BCUT2D eigenvalue weighted by Gasteiger charge is -2.08. The van der Waals surface area contributed by atoms with E-state index in [9.17, 15) is 13.2 Å². The van der Waals surface area contributed by atoms with Gasteiger partial charge in [0.15, 0.2) is 0 Å². The summed E-state index contributed by atoms with van der Waals surface area (Å²) in [5.74, 6) is 0.444. The average molecular weight is 346 g/mol. The molecule has 0 aliphatic heterocycles. The summed E-state index contributed by atoms with van der Waals surface area (Å²) in [5.41, 5.74) is 0.524. The van der Waals surface area contributed by atoms with Crippen molar-refractivity contribution in [2.45, 2.75) is 6.42 Å². The lowest BCUT2D eigenvalue weighted by molar-refractivity contribution is 0.144. The zero-order valence-electron chi connectivity index (χ0n) is 13.2. The van der Waals surface area contributed by atoms with E-state index in [1.165, 1.54) is 6.20 Å². The van der Waals surface area contributed by atoms with E-state index >= 15 is 0 Å². The first-order valence-electron chi connectivity index (χ1n) is 6.98. The predicted octanol–water partition coefficient (Wildman–Crippen LogP) is 0.168. The highest BCUT2D eigenvalue weighted by Crippen LogP contribution is 2.11. The number of nitrogens with one attached hydrogen (secondary N) is 3. The Kier molecular flexibility index (Phi) is 8.30. The van der Waals surface area contributed by atoms with Crippen LogP contribution in [0, 0.1) is 0 Å². The summed E-state index contributed by atoms with van der Waals surface area (Å²) >= 11 is 0. The van der Waals surface area contributed by atoms with Gasteiger partial charge in [0.2, 0.25) is 15.9 Å². The molecular weight excluding hydrogens is 324 g/mol. The van der Waals surface area contributed by atoms with E-state index in [-0.39, 0.29) is 12.6 Å². The van der Waals surface area contributed by atoms with Gasteiger partial charge in [0.25, 0.3) is 0 Å². The first-order valence-corrected chi connectivity index (χ1v) is 8.87. The molecule has 3 N–H and O–H groups in total. The molecule has 10 heteroatoms. The molecule has 0 spiro atoms. The van der Waals surface area contributed by atoms with Crippen molar-refractivity contribution in [1.82, 2.24) is 15.0 Å². The highest BCUT2D eigenvalue weighted by Gasteiger charge is 2.03. The third-order valence-corrected chi connectivity index (χ3v) is 3.26. The van der Waals surface area contributed by atoms with Gasteiger partial charge >= 0.3 is 6.03 Å². The number of pyridine rings is 1. The minimum absolute atomic E-state index is 0.272. The van der Waals surface area contributed by atoms with Crippen molar-refractivity contribution < 1.29 is 22.7 Å². The number of hydrogen-bond donors (Lipinski definition) is 3. The molecule has 130 valence electrons. The van der Waals surface area contributed by atoms with Crippen LogP contribution in [0.15, 0.2) is 18.3 Å². The Morgan fingerprint density at radius 1 is 1.26 bits per heavy atom. The van der Waals surface area contributed by atoms with Gasteiger partial charge in [-0.15, -0.1) is 0 Å². The molecule has 9 nitrogen and oxygen atoms in total. The van der Waals surface area contributed by atoms with Crippen LogP contribution >= 0.6 is 0 Å². The van der Waals surface area contributed by atoms with Gasteiger partial charge in [-0.05, 0) is 12.5 Å². The molecule has 0 atom stereocenters. The van der Waals surface area contributed by atoms with Crippen LogP contribution in [0.25, 0.3) is 0 Å². The van der Waals surface area contributed by atoms with Gasteiger partial charge in [-0.1, -0.05) is 0 Å². The Morgan fingerprint density at radius 3 is 2.65 bits per heavy atom. The number of nitrogens with zero attached hydrogens (tertiary/aromatic N) is 1. The zero-order valence-corrected chi connectivity index (χ0v) is 14.0. The maximum atomic E-state index is 11.6. The summed E-state index contributed by atoms with van der Waals surface area (Å²) < 4.78 is 34.2. The maximum Gasteiger partial charge on any atom is 0.319 e. The molecule has 0 saturated heterocycles. The van der Waals surface area contributed by atoms with E-state index in [0.717, 1.165) is 6.26 Å². The van der Waals surface area contributed by atoms with Crippen LogP contribution in [0.5, 0.6) is 5.88 Å². The second-order valence-electron chi connectivity index (χ2n) is 4.63. The van der Waals surface area contributed by atoms with Crippen molar-refractivity contribution in [3.05, 3.63) is 18.3 Å². The average Bonchev–Trinajstić information content (AvgIpc) is 2.48. The first kappa shape index (κ1) is 19.1. The van der Waals surface area contributed by atoms with Gasteiger partial charge in [0, 0.05) is 26.3 Å². The molecule has 1 aromatic heterocycles. The van der Waals surface area contributed by atoms with Gasteiger partial charge in [0.1, 0.15) is 6.61 Å². The molecule has 1 heterocycles. The van der Waals surface area contributed by atoms with Crippen LogP contribution in [0.2, 0.25) is 0 Å². The van der Waals surface area contributed by atoms with Gasteiger partial charge < -0.3 is 20.1 Å². The third kappa shape index (κ3) is 9.66. The molecule has 1 rings (SSSR count). The SMILES string of the molecule is COCCOc1ccc(NC(=O)NCCCNS(C)(=O)=O)cn1. The maximum absolute atomic E-state index is 11.6. The Bertz CT molecular complexity index is 577. The van der Waals surface area contributed by atoms with Crippen molar-refractivity contribution in [2.75, 3.05) is 45.0 Å². The second kappa shape index (κ2) is 9.98. The van der Waals surface area contributed by atoms with Crippen LogP contribution in [0.1, 0.15) is 6.42 Å². The number of anilines is 1. The van der Waals surface area contributed by atoms with Gasteiger partial charge in [-0.25, -0.2) is 22.9 Å². The number of hydrogen-bond acceptors (Lipinski definition) is 6. The number of carbonyl (C=O) groups is 1. The minimum atomic E-state index is -3.19. The van der Waals surface area contributed by atoms with Crippen LogP contribution in [-0.4, -0.2) is 59.1 Å². The summed E-state index contributed by atoms with van der Waals surface area (Å²) in [6, 6.07) is 2.92. The second-order valence-corrected chi connectivity index (χ2v) is 6.46. The number of aromatic nitrogens is 1. The fourth-order valence-corrected chi connectivity index (χ4v) is 2.01. The molecule has 23 heavy (non-hydrogen) atoms. The fraction of sp³-hybridized carbons (Fsp3) is 0.538. The van der Waals surface area contributed by atoms with Gasteiger partial charge in [-0.3, -0.25) is 0 Å². The number of amides is 2. The monoisotopic (exact) mass is 346 g/mol. The van der Waals surface area contributed by atoms with E-state index in [1.54, 1.807) is 19.2 Å². The molecule has 0 fully saturated rings. The highest BCUT2D eigenvalue weighted by atomic mass is 32.2. The van der Waals surface area contributed by atoms with E-state index < -0.39 is 10.0 Å².